The molecule has 2 heterocycles. The minimum atomic E-state index is -0.243. The molecule has 126 valence electrons. The fourth-order valence-corrected chi connectivity index (χ4v) is 3.51. The highest BCUT2D eigenvalue weighted by Gasteiger charge is 2.23. The summed E-state index contributed by atoms with van der Waals surface area (Å²) in [6.45, 7) is 3.32. The van der Waals surface area contributed by atoms with Crippen LogP contribution in [0.2, 0.25) is 0 Å². The normalized spacial score (nSPS) is 14.5. The van der Waals surface area contributed by atoms with Crippen molar-refractivity contribution in [2.24, 2.45) is 0 Å². The summed E-state index contributed by atoms with van der Waals surface area (Å²) in [5, 5.41) is 5.78. The first kappa shape index (κ1) is 16.9. The molecule has 3 rings (SSSR count). The molecule has 1 N–H and O–H groups in total. The standard InChI is InChI=1S/C17H18FN3OS2/c18-14-5-3-13(4-6-14)12-19-17(23)21-9-7-20(8-10-21)16(22)15-2-1-11-24-15/h1-6,11H,7-10,12H2,(H,19,23). The number of hydrogen-bond acceptors (Lipinski definition) is 3. The summed E-state index contributed by atoms with van der Waals surface area (Å²) < 4.78 is 12.9. The maximum Gasteiger partial charge on any atom is 0.264 e. The first-order valence-corrected chi connectivity index (χ1v) is 9.02. The van der Waals surface area contributed by atoms with Crippen molar-refractivity contribution in [1.29, 1.82) is 0 Å². The van der Waals surface area contributed by atoms with E-state index in [0.29, 0.717) is 37.8 Å². The number of nitrogens with one attached hydrogen (secondary N) is 1. The summed E-state index contributed by atoms with van der Waals surface area (Å²) in [7, 11) is 0. The Balaban J connectivity index is 1.46. The number of piperazine rings is 1. The van der Waals surface area contributed by atoms with Crippen LogP contribution in [0, 0.1) is 5.82 Å². The van der Waals surface area contributed by atoms with Crippen molar-refractivity contribution in [2.45, 2.75) is 6.54 Å². The Morgan fingerprint density at radius 1 is 1.12 bits per heavy atom. The molecule has 0 unspecified atom stereocenters. The van der Waals surface area contributed by atoms with Gasteiger partial charge in [0, 0.05) is 32.7 Å². The van der Waals surface area contributed by atoms with Crippen LogP contribution in [0.4, 0.5) is 4.39 Å². The summed E-state index contributed by atoms with van der Waals surface area (Å²) in [6, 6.07) is 10.1. The number of thiocarbonyl (C=S) groups is 1. The third kappa shape index (κ3) is 4.10. The van der Waals surface area contributed by atoms with Gasteiger partial charge in [0.25, 0.3) is 5.91 Å². The smallest absolute Gasteiger partial charge is 0.264 e. The van der Waals surface area contributed by atoms with Gasteiger partial charge in [-0.15, -0.1) is 11.3 Å². The monoisotopic (exact) mass is 363 g/mol. The molecular formula is C17H18FN3OS2. The van der Waals surface area contributed by atoms with Crippen molar-refractivity contribution >= 4 is 34.6 Å². The van der Waals surface area contributed by atoms with Crippen LogP contribution >= 0.6 is 23.6 Å². The first-order chi connectivity index (χ1) is 11.6. The maximum absolute atomic E-state index is 12.9. The summed E-state index contributed by atoms with van der Waals surface area (Å²) in [5.41, 5.74) is 0.977. The Morgan fingerprint density at radius 2 is 1.79 bits per heavy atom. The topological polar surface area (TPSA) is 35.6 Å². The molecule has 0 atom stereocenters. The fraction of sp³-hybridized carbons (Fsp3) is 0.294. The average Bonchev–Trinajstić information content (AvgIpc) is 3.15. The van der Waals surface area contributed by atoms with Crippen molar-refractivity contribution in [2.75, 3.05) is 26.2 Å². The lowest BCUT2D eigenvalue weighted by molar-refractivity contribution is 0.0696. The molecule has 0 saturated carbocycles. The van der Waals surface area contributed by atoms with Crippen molar-refractivity contribution < 1.29 is 9.18 Å². The van der Waals surface area contributed by atoms with Gasteiger partial charge in [-0.05, 0) is 41.4 Å². The third-order valence-electron chi connectivity index (χ3n) is 3.94. The van der Waals surface area contributed by atoms with E-state index < -0.39 is 0 Å². The Bertz CT molecular complexity index is 695. The molecule has 7 heteroatoms. The van der Waals surface area contributed by atoms with E-state index in [2.05, 4.69) is 10.2 Å². The molecule has 0 bridgehead atoms. The summed E-state index contributed by atoms with van der Waals surface area (Å²) in [6.07, 6.45) is 0. The van der Waals surface area contributed by atoms with E-state index in [4.69, 9.17) is 12.2 Å². The van der Waals surface area contributed by atoms with Crippen LogP contribution in [-0.4, -0.2) is 47.0 Å². The number of rotatable bonds is 3. The van der Waals surface area contributed by atoms with Gasteiger partial charge < -0.3 is 15.1 Å². The van der Waals surface area contributed by atoms with Crippen LogP contribution in [0.15, 0.2) is 41.8 Å². The molecule has 2 aromatic rings. The van der Waals surface area contributed by atoms with Gasteiger partial charge in [-0.1, -0.05) is 18.2 Å². The van der Waals surface area contributed by atoms with Gasteiger partial charge in [-0.3, -0.25) is 4.79 Å². The molecule has 4 nitrogen and oxygen atoms in total. The highest BCUT2D eigenvalue weighted by molar-refractivity contribution is 7.80. The predicted octanol–water partition coefficient (Wildman–Crippen LogP) is 2.72. The van der Waals surface area contributed by atoms with E-state index in [1.165, 1.54) is 23.5 Å². The number of carbonyl (C=O) groups excluding carboxylic acids is 1. The molecule has 24 heavy (non-hydrogen) atoms. The zero-order valence-electron chi connectivity index (χ0n) is 13.1. The SMILES string of the molecule is O=C(c1cccs1)N1CCN(C(=S)NCc2ccc(F)cc2)CC1. The molecule has 1 amide bonds. The van der Waals surface area contributed by atoms with Crippen molar-refractivity contribution in [3.8, 4) is 0 Å². The van der Waals surface area contributed by atoms with Gasteiger partial charge >= 0.3 is 0 Å². The highest BCUT2D eigenvalue weighted by atomic mass is 32.1. The van der Waals surface area contributed by atoms with Gasteiger partial charge in [-0.25, -0.2) is 4.39 Å². The van der Waals surface area contributed by atoms with Crippen LogP contribution < -0.4 is 5.32 Å². The number of thiophene rings is 1. The van der Waals surface area contributed by atoms with Gasteiger partial charge in [-0.2, -0.15) is 0 Å². The maximum atomic E-state index is 12.9. The van der Waals surface area contributed by atoms with Crippen LogP contribution in [0.5, 0.6) is 0 Å². The van der Waals surface area contributed by atoms with Gasteiger partial charge in [0.15, 0.2) is 5.11 Å². The lowest BCUT2D eigenvalue weighted by Gasteiger charge is -2.36. The zero-order valence-corrected chi connectivity index (χ0v) is 14.7. The molecule has 1 fully saturated rings. The molecule has 1 aromatic heterocycles. The van der Waals surface area contributed by atoms with E-state index in [1.54, 1.807) is 12.1 Å². The van der Waals surface area contributed by atoms with Crippen molar-refractivity contribution in [3.05, 3.63) is 58.0 Å². The summed E-state index contributed by atoms with van der Waals surface area (Å²) in [4.78, 5) is 17.0. The van der Waals surface area contributed by atoms with E-state index in [-0.39, 0.29) is 11.7 Å². The predicted molar refractivity (Wildman–Crippen MR) is 97.6 cm³/mol. The molecule has 0 aliphatic carbocycles. The molecule has 0 radical (unpaired) electrons. The largest absolute Gasteiger partial charge is 0.358 e. The minimum absolute atomic E-state index is 0.0924. The van der Waals surface area contributed by atoms with E-state index >= 15 is 0 Å². The number of benzene rings is 1. The van der Waals surface area contributed by atoms with E-state index in [9.17, 15) is 9.18 Å². The Labute approximate surface area is 149 Å². The number of carbonyl (C=O) groups is 1. The lowest BCUT2D eigenvalue weighted by Crippen LogP contribution is -2.52. The molecule has 1 aliphatic rings. The molecule has 1 aliphatic heterocycles. The van der Waals surface area contributed by atoms with E-state index in [1.807, 2.05) is 22.4 Å². The van der Waals surface area contributed by atoms with E-state index in [0.717, 1.165) is 10.4 Å². The average molecular weight is 363 g/mol. The summed E-state index contributed by atoms with van der Waals surface area (Å²) >= 11 is 6.89. The number of nitrogens with zero attached hydrogens (tertiary/aromatic N) is 2. The van der Waals surface area contributed by atoms with Gasteiger partial charge in [0.05, 0.1) is 4.88 Å². The number of amides is 1. The molecule has 0 spiro atoms. The number of halogens is 1. The van der Waals surface area contributed by atoms with Crippen LogP contribution in [0.1, 0.15) is 15.2 Å². The fourth-order valence-electron chi connectivity index (χ4n) is 2.56. The van der Waals surface area contributed by atoms with Crippen LogP contribution in [0.3, 0.4) is 0 Å². The quantitative estimate of drug-likeness (QED) is 0.851. The molecular weight excluding hydrogens is 345 g/mol. The Hall–Kier alpha value is -1.99. The lowest BCUT2D eigenvalue weighted by atomic mass is 10.2. The highest BCUT2D eigenvalue weighted by Crippen LogP contribution is 2.14. The molecule has 1 saturated heterocycles. The third-order valence-corrected chi connectivity index (χ3v) is 5.20. The second-order valence-corrected chi connectivity index (χ2v) is 6.88. The van der Waals surface area contributed by atoms with Crippen molar-refractivity contribution in [3.63, 3.8) is 0 Å². The van der Waals surface area contributed by atoms with Crippen LogP contribution in [-0.2, 0) is 6.54 Å². The Morgan fingerprint density at radius 3 is 2.42 bits per heavy atom. The second kappa shape index (κ2) is 7.72. The Kier molecular flexibility index (Phi) is 5.42. The minimum Gasteiger partial charge on any atom is -0.358 e. The number of hydrogen-bond donors (Lipinski definition) is 1. The molecule has 1 aromatic carbocycles. The summed E-state index contributed by atoms with van der Waals surface area (Å²) in [5.74, 6) is -0.150. The second-order valence-electron chi connectivity index (χ2n) is 5.54. The van der Waals surface area contributed by atoms with Gasteiger partial charge in [0.2, 0.25) is 0 Å². The first-order valence-electron chi connectivity index (χ1n) is 7.73. The zero-order chi connectivity index (χ0) is 16.9. The van der Waals surface area contributed by atoms with Crippen molar-refractivity contribution in [1.82, 2.24) is 15.1 Å². The van der Waals surface area contributed by atoms with Crippen LogP contribution in [0.25, 0.3) is 0 Å². The van der Waals surface area contributed by atoms with Gasteiger partial charge in [0.1, 0.15) is 5.82 Å².